The molecule has 1 atom stereocenters. The molecule has 2 aromatic rings. The highest BCUT2D eigenvalue weighted by atomic mass is 16.5. The summed E-state index contributed by atoms with van der Waals surface area (Å²) in [6, 6.07) is 8.29. The Morgan fingerprint density at radius 1 is 1.30 bits per heavy atom. The Balaban J connectivity index is 2.38. The lowest BCUT2D eigenvalue weighted by molar-refractivity contribution is 0.238. The van der Waals surface area contributed by atoms with E-state index >= 15 is 0 Å². The van der Waals surface area contributed by atoms with E-state index in [-0.39, 0.29) is 12.1 Å². The Bertz CT molecular complexity index is 548. The van der Waals surface area contributed by atoms with Crippen molar-refractivity contribution in [3.63, 3.8) is 0 Å². The van der Waals surface area contributed by atoms with Crippen molar-refractivity contribution in [3.05, 3.63) is 47.8 Å². The molecule has 0 radical (unpaired) electrons. The Kier molecular flexibility index (Phi) is 4.79. The van der Waals surface area contributed by atoms with Crippen molar-refractivity contribution in [3.8, 4) is 5.75 Å². The lowest BCUT2D eigenvalue weighted by Crippen LogP contribution is -2.23. The largest absolute Gasteiger partial charge is 0.491 e. The molecule has 0 aliphatic heterocycles. The van der Waals surface area contributed by atoms with Crippen LogP contribution in [0.25, 0.3) is 0 Å². The minimum atomic E-state index is 0.101. The monoisotopic (exact) mass is 273 g/mol. The average Bonchev–Trinajstić information content (AvgIpc) is 2.83. The van der Waals surface area contributed by atoms with E-state index in [1.54, 1.807) is 0 Å². The second-order valence-corrected chi connectivity index (χ2v) is 5.14. The second-order valence-electron chi connectivity index (χ2n) is 5.14. The van der Waals surface area contributed by atoms with Crippen LogP contribution in [0.4, 0.5) is 0 Å². The number of para-hydroxylation sites is 1. The summed E-state index contributed by atoms with van der Waals surface area (Å²) in [5.41, 5.74) is 2.30. The SMILES string of the molecule is CCNC(c1cnn(C)c1)c1ccccc1OC(C)C. The zero-order chi connectivity index (χ0) is 14.5. The fourth-order valence-electron chi connectivity index (χ4n) is 2.28. The van der Waals surface area contributed by atoms with Gasteiger partial charge in [-0.15, -0.1) is 0 Å². The van der Waals surface area contributed by atoms with Crippen LogP contribution in [0.3, 0.4) is 0 Å². The average molecular weight is 273 g/mol. The van der Waals surface area contributed by atoms with Crippen LogP contribution in [0.5, 0.6) is 5.75 Å². The Hall–Kier alpha value is -1.81. The molecule has 0 bridgehead atoms. The zero-order valence-corrected chi connectivity index (χ0v) is 12.6. The fraction of sp³-hybridized carbons (Fsp3) is 0.438. The lowest BCUT2D eigenvalue weighted by Gasteiger charge is -2.21. The van der Waals surface area contributed by atoms with Crippen LogP contribution in [0.1, 0.15) is 37.9 Å². The summed E-state index contributed by atoms with van der Waals surface area (Å²) in [7, 11) is 1.93. The fourth-order valence-corrected chi connectivity index (χ4v) is 2.28. The van der Waals surface area contributed by atoms with Gasteiger partial charge in [0.2, 0.25) is 0 Å². The van der Waals surface area contributed by atoms with Crippen molar-refractivity contribution < 1.29 is 4.74 Å². The summed E-state index contributed by atoms with van der Waals surface area (Å²) in [5.74, 6) is 0.928. The van der Waals surface area contributed by atoms with Crippen LogP contribution < -0.4 is 10.1 Å². The molecule has 0 amide bonds. The maximum Gasteiger partial charge on any atom is 0.124 e. The number of hydrogen-bond acceptors (Lipinski definition) is 3. The molecule has 1 aromatic heterocycles. The molecule has 0 fully saturated rings. The van der Waals surface area contributed by atoms with Crippen LogP contribution in [-0.4, -0.2) is 22.4 Å². The van der Waals surface area contributed by atoms with Gasteiger partial charge in [0.1, 0.15) is 5.75 Å². The van der Waals surface area contributed by atoms with Crippen molar-refractivity contribution in [2.75, 3.05) is 6.54 Å². The van der Waals surface area contributed by atoms with E-state index in [4.69, 9.17) is 4.74 Å². The molecule has 20 heavy (non-hydrogen) atoms. The maximum atomic E-state index is 5.93. The summed E-state index contributed by atoms with van der Waals surface area (Å²) in [5, 5.41) is 7.78. The lowest BCUT2D eigenvalue weighted by atomic mass is 10.0. The van der Waals surface area contributed by atoms with Gasteiger partial charge in [0.15, 0.2) is 0 Å². The minimum absolute atomic E-state index is 0.101. The highest BCUT2D eigenvalue weighted by Crippen LogP contribution is 2.30. The van der Waals surface area contributed by atoms with Crippen LogP contribution >= 0.6 is 0 Å². The molecule has 1 unspecified atom stereocenters. The number of rotatable bonds is 6. The smallest absolute Gasteiger partial charge is 0.124 e. The third-order valence-electron chi connectivity index (χ3n) is 3.06. The van der Waals surface area contributed by atoms with Crippen LogP contribution in [-0.2, 0) is 7.05 Å². The number of nitrogens with zero attached hydrogens (tertiary/aromatic N) is 2. The number of aromatic nitrogens is 2. The van der Waals surface area contributed by atoms with Crippen LogP contribution in [0.15, 0.2) is 36.7 Å². The van der Waals surface area contributed by atoms with E-state index < -0.39 is 0 Å². The number of aryl methyl sites for hydroxylation is 1. The number of ether oxygens (including phenoxy) is 1. The van der Waals surface area contributed by atoms with Gasteiger partial charge in [-0.05, 0) is 26.5 Å². The molecule has 1 N–H and O–H groups in total. The third-order valence-corrected chi connectivity index (χ3v) is 3.06. The molecule has 0 spiro atoms. The van der Waals surface area contributed by atoms with E-state index in [1.807, 2.05) is 56.2 Å². The van der Waals surface area contributed by atoms with Crippen molar-refractivity contribution in [1.29, 1.82) is 0 Å². The quantitative estimate of drug-likeness (QED) is 0.879. The molecule has 0 saturated carbocycles. The first-order valence-corrected chi connectivity index (χ1v) is 7.09. The normalized spacial score (nSPS) is 12.7. The summed E-state index contributed by atoms with van der Waals surface area (Å²) >= 11 is 0. The predicted octanol–water partition coefficient (Wildman–Crippen LogP) is 2.91. The van der Waals surface area contributed by atoms with Gasteiger partial charge in [-0.25, -0.2) is 0 Å². The summed E-state index contributed by atoms with van der Waals surface area (Å²) in [4.78, 5) is 0. The van der Waals surface area contributed by atoms with Gasteiger partial charge in [0, 0.05) is 24.4 Å². The molecule has 108 valence electrons. The van der Waals surface area contributed by atoms with Crippen molar-refractivity contribution in [2.45, 2.75) is 32.9 Å². The van der Waals surface area contributed by atoms with Gasteiger partial charge < -0.3 is 10.1 Å². The highest BCUT2D eigenvalue weighted by molar-refractivity contribution is 5.40. The van der Waals surface area contributed by atoms with Crippen molar-refractivity contribution in [2.24, 2.45) is 7.05 Å². The van der Waals surface area contributed by atoms with E-state index in [9.17, 15) is 0 Å². The molecular weight excluding hydrogens is 250 g/mol. The Morgan fingerprint density at radius 3 is 2.65 bits per heavy atom. The van der Waals surface area contributed by atoms with Gasteiger partial charge in [-0.2, -0.15) is 5.10 Å². The predicted molar refractivity (Wildman–Crippen MR) is 80.9 cm³/mol. The molecule has 0 saturated heterocycles. The van der Waals surface area contributed by atoms with E-state index in [0.717, 1.165) is 23.4 Å². The van der Waals surface area contributed by atoms with Gasteiger partial charge in [-0.3, -0.25) is 4.68 Å². The number of hydrogen-bond donors (Lipinski definition) is 1. The first kappa shape index (κ1) is 14.6. The summed E-state index contributed by atoms with van der Waals surface area (Å²) < 4.78 is 7.76. The molecule has 1 heterocycles. The van der Waals surface area contributed by atoms with E-state index in [1.165, 1.54) is 0 Å². The minimum Gasteiger partial charge on any atom is -0.491 e. The molecule has 4 nitrogen and oxygen atoms in total. The van der Waals surface area contributed by atoms with Gasteiger partial charge in [0.05, 0.1) is 18.3 Å². The Labute approximate surface area is 120 Å². The number of benzene rings is 1. The van der Waals surface area contributed by atoms with Gasteiger partial charge in [-0.1, -0.05) is 25.1 Å². The molecule has 2 rings (SSSR count). The highest BCUT2D eigenvalue weighted by Gasteiger charge is 2.19. The second kappa shape index (κ2) is 6.57. The first-order valence-electron chi connectivity index (χ1n) is 7.09. The van der Waals surface area contributed by atoms with E-state index in [0.29, 0.717) is 0 Å². The standard InChI is InChI=1S/C16H23N3O/c1-5-17-16(13-10-18-19(4)11-13)14-8-6-7-9-15(14)20-12(2)3/h6-12,16-17H,5H2,1-4H3. The van der Waals surface area contributed by atoms with E-state index in [2.05, 4.69) is 23.4 Å². The first-order chi connectivity index (χ1) is 9.61. The molecule has 0 aliphatic rings. The van der Waals surface area contributed by atoms with Crippen LogP contribution in [0.2, 0.25) is 0 Å². The summed E-state index contributed by atoms with van der Waals surface area (Å²) in [6.07, 6.45) is 4.10. The van der Waals surface area contributed by atoms with Gasteiger partial charge >= 0.3 is 0 Å². The zero-order valence-electron chi connectivity index (χ0n) is 12.6. The van der Waals surface area contributed by atoms with Crippen LogP contribution in [0, 0.1) is 0 Å². The topological polar surface area (TPSA) is 39.1 Å². The van der Waals surface area contributed by atoms with Gasteiger partial charge in [0.25, 0.3) is 0 Å². The number of nitrogens with one attached hydrogen (secondary N) is 1. The van der Waals surface area contributed by atoms with Crippen molar-refractivity contribution in [1.82, 2.24) is 15.1 Å². The molecule has 1 aromatic carbocycles. The maximum absolute atomic E-state index is 5.93. The third kappa shape index (κ3) is 3.39. The molecule has 4 heteroatoms. The van der Waals surface area contributed by atoms with Crippen molar-refractivity contribution >= 4 is 0 Å². The Morgan fingerprint density at radius 2 is 2.05 bits per heavy atom. The molecular formula is C16H23N3O. The molecule has 0 aliphatic carbocycles. The summed E-state index contributed by atoms with van der Waals surface area (Å²) in [6.45, 7) is 7.08.